The average Bonchev–Trinajstić information content (AvgIpc) is 2.80. The van der Waals surface area contributed by atoms with E-state index >= 15 is 0 Å². The van der Waals surface area contributed by atoms with Gasteiger partial charge in [0, 0.05) is 42.3 Å². The lowest BCUT2D eigenvalue weighted by Gasteiger charge is -2.32. The molecule has 0 aromatic heterocycles. The number of amides is 1. The highest BCUT2D eigenvalue weighted by Gasteiger charge is 2.25. The van der Waals surface area contributed by atoms with Crippen LogP contribution in [-0.4, -0.2) is 34.5 Å². The lowest BCUT2D eigenvalue weighted by atomic mass is 9.88. The van der Waals surface area contributed by atoms with E-state index in [4.69, 9.17) is 17.5 Å². The van der Waals surface area contributed by atoms with Gasteiger partial charge in [-0.05, 0) is 66.6 Å². The number of nitrogens with zero attached hydrogens (tertiary/aromatic N) is 2. The molecule has 1 fully saturated rings. The van der Waals surface area contributed by atoms with Gasteiger partial charge >= 0.3 is 0 Å². The van der Waals surface area contributed by atoms with Gasteiger partial charge in [-0.1, -0.05) is 44.3 Å². The molecule has 0 unspecified atom stereocenters. The lowest BCUT2D eigenvalue weighted by molar-refractivity contribution is -0.120. The molecule has 1 amide bonds. The monoisotopic (exact) mass is 446 g/mol. The van der Waals surface area contributed by atoms with E-state index in [1.807, 2.05) is 68.1 Å². The van der Waals surface area contributed by atoms with E-state index in [0.29, 0.717) is 43.0 Å². The fraction of sp³-hybridized carbons (Fsp3) is 0.407. The van der Waals surface area contributed by atoms with Crippen LogP contribution in [0.2, 0.25) is 0 Å². The quantitative estimate of drug-likeness (QED) is 0.533. The van der Waals surface area contributed by atoms with Crippen molar-refractivity contribution in [1.82, 2.24) is 4.90 Å². The SMILES string of the molecule is Cc1ccc(C(=O)N2CCC(c3ccc(C#N)cc3)CC2)cc1CC(=S)CC(=O)C(C)C. The number of carbonyl (C=O) groups excluding carboxylic acids is 2. The van der Waals surface area contributed by atoms with Gasteiger partial charge in [-0.3, -0.25) is 9.59 Å². The highest BCUT2D eigenvalue weighted by atomic mass is 32.1. The summed E-state index contributed by atoms with van der Waals surface area (Å²) < 4.78 is 0. The predicted octanol–water partition coefficient (Wildman–Crippen LogP) is 5.41. The maximum atomic E-state index is 13.1. The summed E-state index contributed by atoms with van der Waals surface area (Å²) in [5, 5.41) is 8.97. The second kappa shape index (κ2) is 10.7. The first-order chi connectivity index (χ1) is 15.3. The number of thiocarbonyl (C=S) groups is 1. The summed E-state index contributed by atoms with van der Waals surface area (Å²) in [6.07, 6.45) is 2.69. The third kappa shape index (κ3) is 5.89. The number of ketones is 1. The van der Waals surface area contributed by atoms with Crippen LogP contribution in [0.5, 0.6) is 0 Å². The van der Waals surface area contributed by atoms with Crippen molar-refractivity contribution in [2.75, 3.05) is 13.1 Å². The van der Waals surface area contributed by atoms with E-state index in [1.54, 1.807) is 0 Å². The van der Waals surface area contributed by atoms with E-state index in [-0.39, 0.29) is 17.6 Å². The fourth-order valence-corrected chi connectivity index (χ4v) is 4.39. The van der Waals surface area contributed by atoms with Crippen LogP contribution >= 0.6 is 12.2 Å². The van der Waals surface area contributed by atoms with Crippen molar-refractivity contribution in [2.24, 2.45) is 5.92 Å². The number of Topliss-reactive ketones (excluding diaryl/α,β-unsaturated/α-hetero) is 1. The topological polar surface area (TPSA) is 61.2 Å². The van der Waals surface area contributed by atoms with Gasteiger partial charge < -0.3 is 4.90 Å². The molecule has 2 aromatic rings. The molecule has 1 aliphatic rings. The summed E-state index contributed by atoms with van der Waals surface area (Å²) in [5.74, 6) is 0.601. The zero-order valence-electron chi connectivity index (χ0n) is 19.1. The van der Waals surface area contributed by atoms with Gasteiger partial charge in [-0.2, -0.15) is 5.26 Å². The Morgan fingerprint density at radius 2 is 1.78 bits per heavy atom. The van der Waals surface area contributed by atoms with Crippen molar-refractivity contribution in [2.45, 2.75) is 52.4 Å². The number of rotatable bonds is 7. The molecular weight excluding hydrogens is 416 g/mol. The molecule has 0 spiro atoms. The van der Waals surface area contributed by atoms with Crippen LogP contribution in [0, 0.1) is 24.2 Å². The maximum absolute atomic E-state index is 13.1. The molecule has 3 rings (SSSR count). The third-order valence-corrected chi connectivity index (χ3v) is 6.58. The normalized spacial score (nSPS) is 14.3. The summed E-state index contributed by atoms with van der Waals surface area (Å²) in [6, 6.07) is 15.7. The molecule has 4 nitrogen and oxygen atoms in total. The zero-order chi connectivity index (χ0) is 23.3. The summed E-state index contributed by atoms with van der Waals surface area (Å²) >= 11 is 5.47. The molecule has 5 heteroatoms. The zero-order valence-corrected chi connectivity index (χ0v) is 19.9. The second-order valence-electron chi connectivity index (χ2n) is 8.95. The van der Waals surface area contributed by atoms with Crippen LogP contribution in [0.25, 0.3) is 0 Å². The standard InChI is InChI=1S/C27H30N2O2S/c1-18(2)26(30)16-25(32)15-24-14-23(7-4-19(24)3)27(31)29-12-10-22(11-13-29)21-8-5-20(17-28)6-9-21/h4-9,14,18,22H,10-13,15-16H2,1-3H3. The molecule has 0 N–H and O–H groups in total. The predicted molar refractivity (Wildman–Crippen MR) is 131 cm³/mol. The summed E-state index contributed by atoms with van der Waals surface area (Å²) in [7, 11) is 0. The Hall–Kier alpha value is -2.84. The Bertz CT molecular complexity index is 1040. The Morgan fingerprint density at radius 1 is 1.12 bits per heavy atom. The van der Waals surface area contributed by atoms with Gasteiger partial charge in [-0.25, -0.2) is 0 Å². The van der Waals surface area contributed by atoms with Gasteiger partial charge in [0.05, 0.1) is 11.6 Å². The van der Waals surface area contributed by atoms with Gasteiger partial charge in [0.15, 0.2) is 0 Å². The number of hydrogen-bond acceptors (Lipinski definition) is 4. The van der Waals surface area contributed by atoms with Gasteiger partial charge in [0.1, 0.15) is 5.78 Å². The van der Waals surface area contributed by atoms with Crippen molar-refractivity contribution in [3.05, 3.63) is 70.3 Å². The lowest BCUT2D eigenvalue weighted by Crippen LogP contribution is -2.38. The Kier molecular flexibility index (Phi) is 7.93. The van der Waals surface area contributed by atoms with Crippen LogP contribution in [-0.2, 0) is 11.2 Å². The molecule has 1 aliphatic heterocycles. The van der Waals surface area contributed by atoms with Gasteiger partial charge in [0.25, 0.3) is 5.91 Å². The van der Waals surface area contributed by atoms with Crippen molar-refractivity contribution in [3.8, 4) is 6.07 Å². The molecule has 0 aliphatic carbocycles. The smallest absolute Gasteiger partial charge is 0.253 e. The van der Waals surface area contributed by atoms with Crippen molar-refractivity contribution in [1.29, 1.82) is 5.26 Å². The van der Waals surface area contributed by atoms with Crippen LogP contribution < -0.4 is 0 Å². The van der Waals surface area contributed by atoms with E-state index < -0.39 is 0 Å². The van der Waals surface area contributed by atoms with Crippen LogP contribution in [0.3, 0.4) is 0 Å². The van der Waals surface area contributed by atoms with Crippen molar-refractivity contribution < 1.29 is 9.59 Å². The number of likely N-dealkylation sites (tertiary alicyclic amines) is 1. The second-order valence-corrected chi connectivity index (χ2v) is 9.53. The maximum Gasteiger partial charge on any atom is 0.253 e. The molecule has 0 bridgehead atoms. The molecular formula is C27H30N2O2S. The first-order valence-corrected chi connectivity index (χ1v) is 11.6. The summed E-state index contributed by atoms with van der Waals surface area (Å²) in [6.45, 7) is 7.22. The van der Waals surface area contributed by atoms with Crippen LogP contribution in [0.15, 0.2) is 42.5 Å². The van der Waals surface area contributed by atoms with Crippen molar-refractivity contribution >= 4 is 28.8 Å². The summed E-state index contributed by atoms with van der Waals surface area (Å²) in [5.41, 5.74) is 4.69. The molecule has 166 valence electrons. The van der Waals surface area contributed by atoms with E-state index in [1.165, 1.54) is 5.56 Å². The molecule has 2 aromatic carbocycles. The summed E-state index contributed by atoms with van der Waals surface area (Å²) in [4.78, 5) is 27.8. The fourth-order valence-electron chi connectivity index (χ4n) is 4.10. The van der Waals surface area contributed by atoms with Gasteiger partial charge in [0.2, 0.25) is 0 Å². The first kappa shape index (κ1) is 23.8. The highest BCUT2D eigenvalue weighted by molar-refractivity contribution is 7.80. The number of piperidine rings is 1. The average molecular weight is 447 g/mol. The largest absolute Gasteiger partial charge is 0.339 e. The van der Waals surface area contributed by atoms with E-state index in [0.717, 1.165) is 28.8 Å². The minimum absolute atomic E-state index is 0.0193. The number of nitriles is 1. The Morgan fingerprint density at radius 3 is 2.38 bits per heavy atom. The number of benzene rings is 2. The minimum atomic E-state index is -0.0193. The van der Waals surface area contributed by atoms with Crippen molar-refractivity contribution in [3.63, 3.8) is 0 Å². The molecule has 32 heavy (non-hydrogen) atoms. The molecule has 1 saturated heterocycles. The minimum Gasteiger partial charge on any atom is -0.339 e. The van der Waals surface area contributed by atoms with E-state index in [2.05, 4.69) is 6.07 Å². The molecule has 0 saturated carbocycles. The Labute approximate surface area is 196 Å². The highest BCUT2D eigenvalue weighted by Crippen LogP contribution is 2.29. The van der Waals surface area contributed by atoms with Crippen LogP contribution in [0.4, 0.5) is 0 Å². The molecule has 0 atom stereocenters. The first-order valence-electron chi connectivity index (χ1n) is 11.2. The third-order valence-electron chi connectivity index (χ3n) is 6.29. The number of carbonyl (C=O) groups is 2. The number of aryl methyl sites for hydroxylation is 1. The number of hydrogen-bond donors (Lipinski definition) is 0. The molecule has 1 heterocycles. The van der Waals surface area contributed by atoms with Gasteiger partial charge in [-0.15, -0.1) is 0 Å². The Balaban J connectivity index is 1.63. The molecule has 0 radical (unpaired) electrons. The van der Waals surface area contributed by atoms with E-state index in [9.17, 15) is 9.59 Å². The van der Waals surface area contributed by atoms with Crippen LogP contribution in [0.1, 0.15) is 71.6 Å².